The average Bonchev–Trinajstić information content (AvgIpc) is 2.34. The van der Waals surface area contributed by atoms with E-state index in [0.717, 1.165) is 5.69 Å². The number of hydrogen-bond acceptors (Lipinski definition) is 5. The Morgan fingerprint density at radius 3 is 2.58 bits per heavy atom. The molecule has 19 heavy (non-hydrogen) atoms. The molecule has 1 aromatic rings. The van der Waals surface area contributed by atoms with E-state index in [1.54, 1.807) is 7.05 Å². The number of nitrogens with one attached hydrogen (secondary N) is 3. The molecule has 1 heterocycles. The predicted octanol–water partition coefficient (Wildman–Crippen LogP) is 1.40. The highest BCUT2D eigenvalue weighted by atomic mass is 16.2. The van der Waals surface area contributed by atoms with E-state index in [2.05, 4.69) is 39.8 Å². The van der Waals surface area contributed by atoms with Gasteiger partial charge in [-0.3, -0.25) is 4.79 Å². The Labute approximate surface area is 114 Å². The molecule has 0 radical (unpaired) electrons. The van der Waals surface area contributed by atoms with Gasteiger partial charge in [0.25, 0.3) is 0 Å². The van der Waals surface area contributed by atoms with Crippen LogP contribution in [0.1, 0.15) is 26.5 Å². The molecule has 0 aliphatic heterocycles. The van der Waals surface area contributed by atoms with Crippen molar-refractivity contribution in [2.75, 3.05) is 24.2 Å². The lowest BCUT2D eigenvalue weighted by molar-refractivity contribution is -0.121. The molecular weight excluding hydrogens is 242 g/mol. The van der Waals surface area contributed by atoms with Crippen LogP contribution in [0.5, 0.6) is 0 Å². The van der Waals surface area contributed by atoms with Crippen molar-refractivity contribution in [1.82, 2.24) is 15.3 Å². The normalized spacial score (nSPS) is 12.1. The van der Waals surface area contributed by atoms with Crippen molar-refractivity contribution in [1.29, 1.82) is 0 Å². The van der Waals surface area contributed by atoms with Crippen molar-refractivity contribution in [3.63, 3.8) is 0 Å². The molecule has 1 rings (SSSR count). The van der Waals surface area contributed by atoms with Gasteiger partial charge in [0.15, 0.2) is 0 Å². The molecule has 0 spiro atoms. The van der Waals surface area contributed by atoms with Crippen LogP contribution < -0.4 is 16.0 Å². The first-order valence-corrected chi connectivity index (χ1v) is 6.50. The Morgan fingerprint density at radius 2 is 2.00 bits per heavy atom. The molecule has 106 valence electrons. The van der Waals surface area contributed by atoms with Gasteiger partial charge in [-0.15, -0.1) is 0 Å². The van der Waals surface area contributed by atoms with E-state index in [1.165, 1.54) is 0 Å². The van der Waals surface area contributed by atoms with Gasteiger partial charge in [-0.25, -0.2) is 4.98 Å². The van der Waals surface area contributed by atoms with Crippen LogP contribution >= 0.6 is 0 Å². The van der Waals surface area contributed by atoms with Gasteiger partial charge >= 0.3 is 0 Å². The highest BCUT2D eigenvalue weighted by Gasteiger charge is 2.13. The first-order valence-electron chi connectivity index (χ1n) is 6.50. The van der Waals surface area contributed by atoms with Crippen LogP contribution in [0.15, 0.2) is 6.07 Å². The number of amides is 1. The number of rotatable bonds is 6. The lowest BCUT2D eigenvalue weighted by atomic mass is 10.2. The maximum atomic E-state index is 11.9. The molecule has 1 aromatic heterocycles. The Bertz CT molecular complexity index is 433. The van der Waals surface area contributed by atoms with E-state index in [0.29, 0.717) is 24.2 Å². The average molecular weight is 265 g/mol. The number of carbonyl (C=O) groups is 1. The highest BCUT2D eigenvalue weighted by Crippen LogP contribution is 2.10. The van der Waals surface area contributed by atoms with E-state index < -0.39 is 0 Å². The Kier molecular flexibility index (Phi) is 5.54. The van der Waals surface area contributed by atoms with Crippen LogP contribution in [0, 0.1) is 12.8 Å². The quantitative estimate of drug-likeness (QED) is 0.724. The highest BCUT2D eigenvalue weighted by molar-refractivity contribution is 5.83. The molecular formula is C13H23N5O. The van der Waals surface area contributed by atoms with Crippen LogP contribution in [-0.4, -0.2) is 35.5 Å². The number of aromatic nitrogens is 2. The van der Waals surface area contributed by atoms with E-state index in [9.17, 15) is 4.79 Å². The van der Waals surface area contributed by atoms with Gasteiger partial charge in [0.1, 0.15) is 11.9 Å². The largest absolute Gasteiger partial charge is 0.358 e. The SMILES string of the molecule is CNc1nc(C)cc(NC(C)C(=O)NCC(C)C)n1. The molecule has 6 nitrogen and oxygen atoms in total. The van der Waals surface area contributed by atoms with Gasteiger partial charge in [-0.05, 0) is 19.8 Å². The minimum atomic E-state index is -0.335. The number of nitrogens with zero attached hydrogens (tertiary/aromatic N) is 2. The second-order valence-electron chi connectivity index (χ2n) is 4.97. The van der Waals surface area contributed by atoms with E-state index >= 15 is 0 Å². The maximum absolute atomic E-state index is 11.9. The zero-order chi connectivity index (χ0) is 14.4. The van der Waals surface area contributed by atoms with E-state index in [4.69, 9.17) is 0 Å². The molecule has 0 aliphatic carbocycles. The number of hydrogen-bond donors (Lipinski definition) is 3. The predicted molar refractivity (Wildman–Crippen MR) is 77.2 cm³/mol. The molecule has 3 N–H and O–H groups in total. The molecule has 1 atom stereocenters. The minimum Gasteiger partial charge on any atom is -0.358 e. The van der Waals surface area contributed by atoms with Crippen molar-refractivity contribution >= 4 is 17.7 Å². The first-order chi connectivity index (χ1) is 8.92. The summed E-state index contributed by atoms with van der Waals surface area (Å²) in [5, 5.41) is 8.85. The van der Waals surface area contributed by atoms with Crippen LogP contribution in [0.4, 0.5) is 11.8 Å². The van der Waals surface area contributed by atoms with Crippen LogP contribution in [-0.2, 0) is 4.79 Å². The summed E-state index contributed by atoms with van der Waals surface area (Å²) in [7, 11) is 1.76. The lowest BCUT2D eigenvalue weighted by Crippen LogP contribution is -2.39. The molecule has 6 heteroatoms. The van der Waals surface area contributed by atoms with Gasteiger partial charge in [0.2, 0.25) is 11.9 Å². The maximum Gasteiger partial charge on any atom is 0.242 e. The second kappa shape index (κ2) is 6.92. The monoisotopic (exact) mass is 265 g/mol. The fourth-order valence-corrected chi connectivity index (χ4v) is 1.50. The summed E-state index contributed by atoms with van der Waals surface area (Å²) in [4.78, 5) is 20.3. The molecule has 0 saturated heterocycles. The number of anilines is 2. The van der Waals surface area contributed by atoms with Crippen LogP contribution in [0.3, 0.4) is 0 Å². The summed E-state index contributed by atoms with van der Waals surface area (Å²) in [5.41, 5.74) is 0.844. The smallest absolute Gasteiger partial charge is 0.242 e. The van der Waals surface area contributed by atoms with Gasteiger partial charge in [0.05, 0.1) is 0 Å². The van der Waals surface area contributed by atoms with Crippen molar-refractivity contribution in [2.24, 2.45) is 5.92 Å². The summed E-state index contributed by atoms with van der Waals surface area (Å²) in [6.07, 6.45) is 0. The zero-order valence-corrected chi connectivity index (χ0v) is 12.2. The third kappa shape index (κ3) is 5.11. The Hall–Kier alpha value is -1.85. The van der Waals surface area contributed by atoms with Gasteiger partial charge < -0.3 is 16.0 Å². The molecule has 1 unspecified atom stereocenters. The third-order valence-corrected chi connectivity index (χ3v) is 2.52. The zero-order valence-electron chi connectivity index (χ0n) is 12.2. The van der Waals surface area contributed by atoms with E-state index in [-0.39, 0.29) is 11.9 Å². The first kappa shape index (κ1) is 15.2. The Morgan fingerprint density at radius 1 is 1.32 bits per heavy atom. The molecule has 0 aromatic carbocycles. The van der Waals surface area contributed by atoms with Gasteiger partial charge in [-0.1, -0.05) is 13.8 Å². The fourth-order valence-electron chi connectivity index (χ4n) is 1.50. The molecule has 1 amide bonds. The number of aryl methyl sites for hydroxylation is 1. The van der Waals surface area contributed by atoms with Crippen molar-refractivity contribution < 1.29 is 4.79 Å². The number of carbonyl (C=O) groups excluding carboxylic acids is 1. The van der Waals surface area contributed by atoms with Crippen molar-refractivity contribution in [3.8, 4) is 0 Å². The summed E-state index contributed by atoms with van der Waals surface area (Å²) in [6.45, 7) is 8.50. The summed E-state index contributed by atoms with van der Waals surface area (Å²) >= 11 is 0. The van der Waals surface area contributed by atoms with Gasteiger partial charge in [0, 0.05) is 25.4 Å². The molecule has 0 fully saturated rings. The second-order valence-corrected chi connectivity index (χ2v) is 4.97. The lowest BCUT2D eigenvalue weighted by Gasteiger charge is -2.16. The molecule has 0 saturated carbocycles. The van der Waals surface area contributed by atoms with Crippen LogP contribution in [0.25, 0.3) is 0 Å². The minimum absolute atomic E-state index is 0.0315. The van der Waals surface area contributed by atoms with E-state index in [1.807, 2.05) is 19.9 Å². The molecule has 0 bridgehead atoms. The van der Waals surface area contributed by atoms with Crippen molar-refractivity contribution in [3.05, 3.63) is 11.8 Å². The summed E-state index contributed by atoms with van der Waals surface area (Å²) < 4.78 is 0. The summed E-state index contributed by atoms with van der Waals surface area (Å²) in [6, 6.07) is 1.48. The standard InChI is InChI=1S/C13H23N5O/c1-8(2)7-15-12(19)10(4)17-11-6-9(3)16-13(14-5)18-11/h6,8,10H,7H2,1-5H3,(H,15,19)(H2,14,16,17,18). The topological polar surface area (TPSA) is 78.9 Å². The molecule has 0 aliphatic rings. The summed E-state index contributed by atoms with van der Waals surface area (Å²) in [5.74, 6) is 1.59. The van der Waals surface area contributed by atoms with Gasteiger partial charge in [-0.2, -0.15) is 4.98 Å². The Balaban J connectivity index is 2.63. The van der Waals surface area contributed by atoms with Crippen LogP contribution in [0.2, 0.25) is 0 Å². The third-order valence-electron chi connectivity index (χ3n) is 2.52. The van der Waals surface area contributed by atoms with Crippen molar-refractivity contribution in [2.45, 2.75) is 33.7 Å². The fraction of sp³-hybridized carbons (Fsp3) is 0.615.